The number of benzene rings is 1. The molecule has 2 rings (SSSR count). The van der Waals surface area contributed by atoms with Crippen LogP contribution in [0.25, 0.3) is 0 Å². The van der Waals surface area contributed by atoms with Crippen LogP contribution in [0, 0.1) is 6.92 Å². The predicted molar refractivity (Wildman–Crippen MR) is 68.3 cm³/mol. The van der Waals surface area contributed by atoms with Gasteiger partial charge in [0.1, 0.15) is 4.99 Å². The van der Waals surface area contributed by atoms with Crippen molar-refractivity contribution in [3.63, 3.8) is 0 Å². The number of hydrogen-bond acceptors (Lipinski definition) is 2. The molecule has 0 radical (unpaired) electrons. The Morgan fingerprint density at radius 1 is 1.47 bits per heavy atom. The van der Waals surface area contributed by atoms with Crippen LogP contribution in [0.5, 0.6) is 0 Å². The largest absolute Gasteiger partial charge is 0.389 e. The normalized spacial score (nSPS) is 17.2. The number of rotatable bonds is 3. The molecule has 0 aliphatic heterocycles. The van der Waals surface area contributed by atoms with Gasteiger partial charge in [-0.2, -0.15) is 0 Å². The van der Waals surface area contributed by atoms with Gasteiger partial charge in [0.25, 0.3) is 0 Å². The molecule has 0 unspecified atom stereocenters. The van der Waals surface area contributed by atoms with Crippen molar-refractivity contribution in [3.05, 3.63) is 29.3 Å². The third-order valence-electron chi connectivity index (χ3n) is 2.94. The highest BCUT2D eigenvalue weighted by atomic mass is 32.1. The van der Waals surface area contributed by atoms with Crippen LogP contribution in [0.2, 0.25) is 0 Å². The Hall–Kier alpha value is -1.09. The number of nitrogens with one attached hydrogen (secondary N) is 1. The predicted octanol–water partition coefficient (Wildman–Crippen LogP) is 2.59. The van der Waals surface area contributed by atoms with Crippen molar-refractivity contribution in [2.45, 2.75) is 32.2 Å². The maximum atomic E-state index is 5.62. The molecule has 1 aliphatic carbocycles. The topological polar surface area (TPSA) is 38.0 Å². The van der Waals surface area contributed by atoms with Crippen molar-refractivity contribution in [1.29, 1.82) is 0 Å². The van der Waals surface area contributed by atoms with Crippen LogP contribution >= 0.6 is 12.2 Å². The van der Waals surface area contributed by atoms with Crippen LogP contribution in [0.4, 0.5) is 5.69 Å². The number of aryl methyl sites for hydroxylation is 1. The molecule has 1 aromatic rings. The summed E-state index contributed by atoms with van der Waals surface area (Å²) in [5, 5.41) is 3.52. The SMILES string of the molecule is Cc1cc(NC2(C)CC2)ccc1C(N)=S. The van der Waals surface area contributed by atoms with E-state index in [2.05, 4.69) is 18.3 Å². The van der Waals surface area contributed by atoms with Gasteiger partial charge in [0.2, 0.25) is 0 Å². The van der Waals surface area contributed by atoms with Crippen molar-refractivity contribution >= 4 is 22.9 Å². The fourth-order valence-electron chi connectivity index (χ4n) is 1.68. The summed E-state index contributed by atoms with van der Waals surface area (Å²) in [5.41, 5.74) is 9.20. The summed E-state index contributed by atoms with van der Waals surface area (Å²) in [6, 6.07) is 6.15. The molecule has 1 aromatic carbocycles. The first-order valence-corrected chi connectivity index (χ1v) is 5.60. The van der Waals surface area contributed by atoms with E-state index in [-0.39, 0.29) is 0 Å². The minimum absolute atomic E-state index is 0.317. The Kier molecular flexibility index (Phi) is 2.43. The highest BCUT2D eigenvalue weighted by molar-refractivity contribution is 7.80. The summed E-state index contributed by atoms with van der Waals surface area (Å²) in [6.07, 6.45) is 2.51. The molecule has 0 heterocycles. The summed E-state index contributed by atoms with van der Waals surface area (Å²) in [6.45, 7) is 4.28. The lowest BCUT2D eigenvalue weighted by Crippen LogP contribution is -2.16. The zero-order chi connectivity index (χ0) is 11.1. The molecule has 80 valence electrons. The zero-order valence-electron chi connectivity index (χ0n) is 9.13. The summed E-state index contributed by atoms with van der Waals surface area (Å²) < 4.78 is 0. The Balaban J connectivity index is 2.21. The minimum atomic E-state index is 0.317. The lowest BCUT2D eigenvalue weighted by Gasteiger charge is -2.14. The Bertz CT molecular complexity index is 408. The van der Waals surface area contributed by atoms with Gasteiger partial charge in [0.15, 0.2) is 0 Å². The summed E-state index contributed by atoms with van der Waals surface area (Å²) in [7, 11) is 0. The fourth-order valence-corrected chi connectivity index (χ4v) is 1.91. The lowest BCUT2D eigenvalue weighted by atomic mass is 10.1. The van der Waals surface area contributed by atoms with Gasteiger partial charge in [0.05, 0.1) is 0 Å². The van der Waals surface area contributed by atoms with E-state index >= 15 is 0 Å². The van der Waals surface area contributed by atoms with Gasteiger partial charge >= 0.3 is 0 Å². The van der Waals surface area contributed by atoms with Crippen molar-refractivity contribution in [2.24, 2.45) is 5.73 Å². The summed E-state index contributed by atoms with van der Waals surface area (Å²) in [5.74, 6) is 0. The van der Waals surface area contributed by atoms with Crippen molar-refractivity contribution in [3.8, 4) is 0 Å². The van der Waals surface area contributed by atoms with E-state index in [0.29, 0.717) is 10.5 Å². The van der Waals surface area contributed by atoms with E-state index in [4.69, 9.17) is 18.0 Å². The molecule has 0 saturated heterocycles. The number of nitrogens with two attached hydrogens (primary N) is 1. The van der Waals surface area contributed by atoms with E-state index in [1.807, 2.05) is 19.1 Å². The second-order valence-electron chi connectivity index (χ2n) is 4.58. The molecule has 15 heavy (non-hydrogen) atoms. The summed E-state index contributed by atoms with van der Waals surface area (Å²) in [4.78, 5) is 0.469. The van der Waals surface area contributed by atoms with Crippen molar-refractivity contribution in [1.82, 2.24) is 0 Å². The lowest BCUT2D eigenvalue weighted by molar-refractivity contribution is 0.829. The van der Waals surface area contributed by atoms with E-state index < -0.39 is 0 Å². The quantitative estimate of drug-likeness (QED) is 0.769. The van der Waals surface area contributed by atoms with Crippen LogP contribution in [0.15, 0.2) is 18.2 Å². The van der Waals surface area contributed by atoms with Crippen molar-refractivity contribution < 1.29 is 0 Å². The third-order valence-corrected chi connectivity index (χ3v) is 3.16. The highest BCUT2D eigenvalue weighted by Crippen LogP contribution is 2.38. The molecule has 0 bridgehead atoms. The number of hydrogen-bond donors (Lipinski definition) is 2. The Labute approximate surface area is 95.9 Å². The molecule has 1 aliphatic rings. The maximum absolute atomic E-state index is 5.62. The van der Waals surface area contributed by atoms with Crippen LogP contribution in [-0.4, -0.2) is 10.5 Å². The average Bonchev–Trinajstić information content (AvgIpc) is 2.82. The monoisotopic (exact) mass is 220 g/mol. The fraction of sp³-hybridized carbons (Fsp3) is 0.417. The Morgan fingerprint density at radius 2 is 2.13 bits per heavy atom. The number of anilines is 1. The highest BCUT2D eigenvalue weighted by Gasteiger charge is 2.36. The third kappa shape index (κ3) is 2.29. The van der Waals surface area contributed by atoms with E-state index in [0.717, 1.165) is 16.8 Å². The van der Waals surface area contributed by atoms with Crippen LogP contribution < -0.4 is 11.1 Å². The van der Waals surface area contributed by atoms with Crippen LogP contribution in [-0.2, 0) is 0 Å². The first-order valence-electron chi connectivity index (χ1n) is 5.19. The van der Waals surface area contributed by atoms with Crippen LogP contribution in [0.3, 0.4) is 0 Å². The van der Waals surface area contributed by atoms with Gasteiger partial charge in [-0.15, -0.1) is 0 Å². The van der Waals surface area contributed by atoms with Gasteiger partial charge in [-0.05, 0) is 50.5 Å². The molecule has 1 fully saturated rings. The van der Waals surface area contributed by atoms with E-state index in [1.165, 1.54) is 12.8 Å². The molecule has 0 atom stereocenters. The van der Waals surface area contributed by atoms with E-state index in [1.54, 1.807) is 0 Å². The molecular formula is C12H16N2S. The van der Waals surface area contributed by atoms with Gasteiger partial charge in [-0.3, -0.25) is 0 Å². The molecule has 2 nitrogen and oxygen atoms in total. The molecule has 0 aromatic heterocycles. The molecule has 0 spiro atoms. The molecule has 3 heteroatoms. The van der Waals surface area contributed by atoms with Gasteiger partial charge in [0, 0.05) is 16.8 Å². The van der Waals surface area contributed by atoms with E-state index in [9.17, 15) is 0 Å². The Morgan fingerprint density at radius 3 is 2.60 bits per heavy atom. The van der Waals surface area contributed by atoms with Gasteiger partial charge in [-0.25, -0.2) is 0 Å². The first kappa shape index (κ1) is 10.4. The maximum Gasteiger partial charge on any atom is 0.104 e. The molecule has 1 saturated carbocycles. The van der Waals surface area contributed by atoms with Crippen LogP contribution in [0.1, 0.15) is 30.9 Å². The molecule has 3 N–H and O–H groups in total. The minimum Gasteiger partial charge on any atom is -0.389 e. The second-order valence-corrected chi connectivity index (χ2v) is 5.02. The smallest absolute Gasteiger partial charge is 0.104 e. The summed E-state index contributed by atoms with van der Waals surface area (Å²) >= 11 is 4.97. The average molecular weight is 220 g/mol. The number of thiocarbonyl (C=S) groups is 1. The van der Waals surface area contributed by atoms with Crippen molar-refractivity contribution in [2.75, 3.05) is 5.32 Å². The van der Waals surface area contributed by atoms with Gasteiger partial charge in [-0.1, -0.05) is 12.2 Å². The second kappa shape index (κ2) is 3.49. The molecule has 0 amide bonds. The molecular weight excluding hydrogens is 204 g/mol. The zero-order valence-corrected chi connectivity index (χ0v) is 9.95. The van der Waals surface area contributed by atoms with Gasteiger partial charge < -0.3 is 11.1 Å². The standard InChI is InChI=1S/C12H16N2S/c1-8-7-9(14-12(2)5-6-12)3-4-10(8)11(13)15/h3-4,7,14H,5-6H2,1-2H3,(H2,13,15). The first-order chi connectivity index (χ1) is 7.00.